The number of aromatic nitrogens is 1. The number of pyridine rings is 1. The monoisotopic (exact) mass is 272 g/mol. The molecule has 0 saturated carbocycles. The van der Waals surface area contributed by atoms with Crippen LogP contribution in [-0.2, 0) is 6.54 Å². The predicted molar refractivity (Wildman–Crippen MR) is 80.2 cm³/mol. The number of hydrogen-bond donors (Lipinski definition) is 1. The zero-order valence-corrected chi connectivity index (χ0v) is 12.3. The van der Waals surface area contributed by atoms with E-state index in [9.17, 15) is 0 Å². The molecular formula is C16H24N4. The second-order valence-electron chi connectivity index (χ2n) is 5.54. The molecule has 2 heterocycles. The molecule has 0 radical (unpaired) electrons. The maximum atomic E-state index is 8.92. The number of nitrogens with one attached hydrogen (secondary N) is 1. The van der Waals surface area contributed by atoms with Gasteiger partial charge in [-0.1, -0.05) is 13.3 Å². The molecular weight excluding hydrogens is 248 g/mol. The minimum absolute atomic E-state index is 0.509. The molecule has 20 heavy (non-hydrogen) atoms. The molecule has 4 nitrogen and oxygen atoms in total. The molecule has 0 spiro atoms. The third kappa shape index (κ3) is 4.59. The maximum absolute atomic E-state index is 8.92. The summed E-state index contributed by atoms with van der Waals surface area (Å²) >= 11 is 0. The summed E-state index contributed by atoms with van der Waals surface area (Å²) in [6.07, 6.45) is 6.81. The highest BCUT2D eigenvalue weighted by Crippen LogP contribution is 2.12. The van der Waals surface area contributed by atoms with Crippen LogP contribution < -0.4 is 5.32 Å². The van der Waals surface area contributed by atoms with Crippen LogP contribution in [0, 0.1) is 11.3 Å². The van der Waals surface area contributed by atoms with Crippen molar-refractivity contribution in [2.24, 2.45) is 0 Å². The van der Waals surface area contributed by atoms with Crippen LogP contribution in [0.1, 0.15) is 43.9 Å². The Balaban J connectivity index is 1.95. The zero-order valence-electron chi connectivity index (χ0n) is 12.3. The van der Waals surface area contributed by atoms with E-state index < -0.39 is 0 Å². The second-order valence-corrected chi connectivity index (χ2v) is 5.54. The Kier molecular flexibility index (Phi) is 5.97. The highest BCUT2D eigenvalue weighted by Gasteiger charge is 2.16. The van der Waals surface area contributed by atoms with Crippen LogP contribution >= 0.6 is 0 Å². The van der Waals surface area contributed by atoms with Gasteiger partial charge >= 0.3 is 0 Å². The van der Waals surface area contributed by atoms with Gasteiger partial charge in [0, 0.05) is 25.3 Å². The summed E-state index contributed by atoms with van der Waals surface area (Å²) in [7, 11) is 0. The standard InChI is InChI=1S/C16H24N4/c1-2-9-20(13-15-5-3-4-7-18-15)12-14-6-8-19-16(10-14)11-17/h6,8,10,15,18H,2-5,7,9,12-13H2,1H3. The summed E-state index contributed by atoms with van der Waals surface area (Å²) in [5.41, 5.74) is 1.69. The molecule has 1 saturated heterocycles. The van der Waals surface area contributed by atoms with E-state index >= 15 is 0 Å². The first kappa shape index (κ1) is 15.0. The minimum atomic E-state index is 0.509. The third-order valence-electron chi connectivity index (χ3n) is 3.78. The van der Waals surface area contributed by atoms with E-state index in [1.807, 2.05) is 12.1 Å². The summed E-state index contributed by atoms with van der Waals surface area (Å²) in [5.74, 6) is 0. The number of nitriles is 1. The quantitative estimate of drug-likeness (QED) is 0.863. The fourth-order valence-electron chi connectivity index (χ4n) is 2.83. The average molecular weight is 272 g/mol. The lowest BCUT2D eigenvalue weighted by atomic mass is 10.0. The van der Waals surface area contributed by atoms with Crippen LogP contribution in [0.15, 0.2) is 18.3 Å². The molecule has 1 aliphatic heterocycles. The first-order valence-electron chi connectivity index (χ1n) is 7.62. The van der Waals surface area contributed by atoms with Crippen molar-refractivity contribution in [1.29, 1.82) is 5.26 Å². The molecule has 0 aromatic carbocycles. The Bertz CT molecular complexity index is 446. The van der Waals surface area contributed by atoms with Gasteiger partial charge in [0.05, 0.1) is 0 Å². The largest absolute Gasteiger partial charge is 0.313 e. The summed E-state index contributed by atoms with van der Waals surface area (Å²) in [4.78, 5) is 6.52. The molecule has 1 aromatic heterocycles. The van der Waals surface area contributed by atoms with Crippen LogP contribution in [0.4, 0.5) is 0 Å². The summed E-state index contributed by atoms with van der Waals surface area (Å²) in [6, 6.07) is 6.64. The third-order valence-corrected chi connectivity index (χ3v) is 3.78. The molecule has 1 aromatic rings. The maximum Gasteiger partial charge on any atom is 0.140 e. The lowest BCUT2D eigenvalue weighted by Gasteiger charge is -2.30. The van der Waals surface area contributed by atoms with E-state index in [4.69, 9.17) is 5.26 Å². The van der Waals surface area contributed by atoms with Gasteiger partial charge in [0.1, 0.15) is 11.8 Å². The number of rotatable bonds is 6. The molecule has 0 aliphatic carbocycles. The van der Waals surface area contributed by atoms with Crippen molar-refractivity contribution in [3.8, 4) is 6.07 Å². The summed E-state index contributed by atoms with van der Waals surface area (Å²) < 4.78 is 0. The van der Waals surface area contributed by atoms with Crippen LogP contribution in [0.5, 0.6) is 0 Å². The van der Waals surface area contributed by atoms with Crippen molar-refractivity contribution in [3.63, 3.8) is 0 Å². The van der Waals surface area contributed by atoms with E-state index in [1.54, 1.807) is 6.20 Å². The normalized spacial score (nSPS) is 18.9. The molecule has 0 bridgehead atoms. The first-order valence-corrected chi connectivity index (χ1v) is 7.62. The number of nitrogens with zero attached hydrogens (tertiary/aromatic N) is 3. The Labute approximate surface area is 121 Å². The van der Waals surface area contributed by atoms with Crippen LogP contribution in [0.25, 0.3) is 0 Å². The van der Waals surface area contributed by atoms with Gasteiger partial charge in [-0.15, -0.1) is 0 Å². The first-order chi connectivity index (χ1) is 9.81. The summed E-state index contributed by atoms with van der Waals surface area (Å²) in [6.45, 7) is 6.47. The molecule has 2 rings (SSSR count). The highest BCUT2D eigenvalue weighted by atomic mass is 15.1. The van der Waals surface area contributed by atoms with E-state index in [0.29, 0.717) is 11.7 Å². The minimum Gasteiger partial charge on any atom is -0.313 e. The van der Waals surface area contributed by atoms with Crippen molar-refractivity contribution in [1.82, 2.24) is 15.2 Å². The molecule has 1 atom stereocenters. The Morgan fingerprint density at radius 2 is 2.40 bits per heavy atom. The van der Waals surface area contributed by atoms with Gasteiger partial charge in [0.15, 0.2) is 0 Å². The molecule has 0 amide bonds. The topological polar surface area (TPSA) is 52.0 Å². The zero-order chi connectivity index (χ0) is 14.2. The van der Waals surface area contributed by atoms with Gasteiger partial charge in [-0.2, -0.15) is 5.26 Å². The van der Waals surface area contributed by atoms with Gasteiger partial charge in [0.2, 0.25) is 0 Å². The predicted octanol–water partition coefficient (Wildman–Crippen LogP) is 2.31. The Morgan fingerprint density at radius 1 is 1.50 bits per heavy atom. The van der Waals surface area contributed by atoms with Gasteiger partial charge < -0.3 is 5.32 Å². The van der Waals surface area contributed by atoms with Crippen molar-refractivity contribution in [2.75, 3.05) is 19.6 Å². The van der Waals surface area contributed by atoms with Gasteiger partial charge in [-0.05, 0) is 50.0 Å². The smallest absolute Gasteiger partial charge is 0.140 e. The van der Waals surface area contributed by atoms with E-state index in [2.05, 4.69) is 28.2 Å². The average Bonchev–Trinajstić information content (AvgIpc) is 2.49. The Morgan fingerprint density at radius 3 is 3.10 bits per heavy atom. The summed E-state index contributed by atoms with van der Waals surface area (Å²) in [5, 5.41) is 12.5. The molecule has 1 N–H and O–H groups in total. The van der Waals surface area contributed by atoms with Crippen molar-refractivity contribution >= 4 is 0 Å². The second kappa shape index (κ2) is 7.98. The highest BCUT2D eigenvalue weighted by molar-refractivity contribution is 5.25. The van der Waals surface area contributed by atoms with Crippen LogP contribution in [0.2, 0.25) is 0 Å². The molecule has 108 valence electrons. The van der Waals surface area contributed by atoms with Crippen molar-refractivity contribution in [3.05, 3.63) is 29.6 Å². The molecule has 1 unspecified atom stereocenters. The fraction of sp³-hybridized carbons (Fsp3) is 0.625. The van der Waals surface area contributed by atoms with Gasteiger partial charge in [-0.25, -0.2) is 4.98 Å². The van der Waals surface area contributed by atoms with Crippen molar-refractivity contribution in [2.45, 2.75) is 45.2 Å². The SMILES string of the molecule is CCCN(Cc1ccnc(C#N)c1)CC1CCCCN1. The van der Waals surface area contributed by atoms with Gasteiger partial charge in [0.25, 0.3) is 0 Å². The lowest BCUT2D eigenvalue weighted by molar-refractivity contribution is 0.217. The molecule has 1 fully saturated rings. The van der Waals surface area contributed by atoms with E-state index in [1.165, 1.54) is 24.8 Å². The number of hydrogen-bond acceptors (Lipinski definition) is 4. The molecule has 4 heteroatoms. The van der Waals surface area contributed by atoms with Gasteiger partial charge in [-0.3, -0.25) is 4.90 Å². The lowest BCUT2D eigenvalue weighted by Crippen LogP contribution is -2.43. The number of piperidine rings is 1. The molecule has 1 aliphatic rings. The van der Waals surface area contributed by atoms with Crippen LogP contribution in [-0.4, -0.2) is 35.6 Å². The van der Waals surface area contributed by atoms with E-state index in [0.717, 1.165) is 32.6 Å². The van der Waals surface area contributed by atoms with E-state index in [-0.39, 0.29) is 0 Å². The Hall–Kier alpha value is -1.44. The fourth-order valence-corrected chi connectivity index (χ4v) is 2.83. The van der Waals surface area contributed by atoms with Crippen LogP contribution in [0.3, 0.4) is 0 Å². The van der Waals surface area contributed by atoms with Crippen molar-refractivity contribution < 1.29 is 0 Å².